The molecule has 17 heavy (non-hydrogen) atoms. The second-order valence-corrected chi connectivity index (χ2v) is 5.04. The molecule has 0 bridgehead atoms. The van der Waals surface area contributed by atoms with E-state index in [2.05, 4.69) is 63.1 Å². The Hall–Kier alpha value is -0.820. The minimum absolute atomic E-state index is 0.697. The Labute approximate surface area is 107 Å². The first-order chi connectivity index (χ1) is 8.19. The highest BCUT2D eigenvalue weighted by Gasteiger charge is 2.12. The van der Waals surface area contributed by atoms with E-state index in [-0.39, 0.29) is 0 Å². The topological polar surface area (TPSA) is 3.24 Å². The summed E-state index contributed by atoms with van der Waals surface area (Å²) >= 11 is 0. The summed E-state index contributed by atoms with van der Waals surface area (Å²) in [4.78, 5) is 2.48. The van der Waals surface area contributed by atoms with Crippen LogP contribution in [0.4, 0.5) is 0 Å². The SMILES string of the molecule is CCC(CCN(C)[C@H](C)CC)c1ccccc1. The van der Waals surface area contributed by atoms with Gasteiger partial charge in [0.2, 0.25) is 0 Å². The molecule has 0 saturated heterocycles. The lowest BCUT2D eigenvalue weighted by Crippen LogP contribution is -2.30. The van der Waals surface area contributed by atoms with Gasteiger partial charge in [0.05, 0.1) is 0 Å². The van der Waals surface area contributed by atoms with Gasteiger partial charge in [0.25, 0.3) is 0 Å². The molecule has 0 spiro atoms. The smallest absolute Gasteiger partial charge is 0.00612 e. The average Bonchev–Trinajstić information content (AvgIpc) is 2.39. The summed E-state index contributed by atoms with van der Waals surface area (Å²) in [6, 6.07) is 11.6. The zero-order chi connectivity index (χ0) is 12.7. The van der Waals surface area contributed by atoms with Gasteiger partial charge in [0.1, 0.15) is 0 Å². The molecule has 96 valence electrons. The summed E-state index contributed by atoms with van der Waals surface area (Å²) in [5.74, 6) is 0.711. The number of hydrogen-bond donors (Lipinski definition) is 0. The van der Waals surface area contributed by atoms with Crippen molar-refractivity contribution in [1.82, 2.24) is 4.90 Å². The maximum atomic E-state index is 2.48. The van der Waals surface area contributed by atoms with Crippen LogP contribution in [0.3, 0.4) is 0 Å². The Balaban J connectivity index is 2.48. The van der Waals surface area contributed by atoms with Gasteiger partial charge < -0.3 is 4.90 Å². The lowest BCUT2D eigenvalue weighted by Gasteiger charge is -2.26. The molecule has 1 aromatic rings. The molecule has 0 radical (unpaired) electrons. The molecule has 0 amide bonds. The van der Waals surface area contributed by atoms with E-state index in [0.717, 1.165) is 0 Å². The summed E-state index contributed by atoms with van der Waals surface area (Å²) in [5.41, 5.74) is 1.49. The van der Waals surface area contributed by atoms with Gasteiger partial charge in [-0.15, -0.1) is 0 Å². The third-order valence-electron chi connectivity index (χ3n) is 3.94. The first kappa shape index (κ1) is 14.2. The van der Waals surface area contributed by atoms with E-state index in [1.807, 2.05) is 0 Å². The predicted octanol–water partition coefficient (Wildman–Crippen LogP) is 4.30. The summed E-state index contributed by atoms with van der Waals surface area (Å²) in [6.45, 7) is 8.06. The Morgan fingerprint density at radius 2 is 1.71 bits per heavy atom. The predicted molar refractivity (Wildman–Crippen MR) is 76.5 cm³/mol. The van der Waals surface area contributed by atoms with Crippen molar-refractivity contribution in [3.63, 3.8) is 0 Å². The fourth-order valence-corrected chi connectivity index (χ4v) is 2.22. The van der Waals surface area contributed by atoms with Crippen LogP contribution in [0.1, 0.15) is 51.5 Å². The zero-order valence-corrected chi connectivity index (χ0v) is 11.8. The normalized spacial score (nSPS) is 14.9. The first-order valence-corrected chi connectivity index (χ1v) is 6.94. The van der Waals surface area contributed by atoms with Crippen molar-refractivity contribution in [3.8, 4) is 0 Å². The summed E-state index contributed by atoms with van der Waals surface area (Å²) < 4.78 is 0. The first-order valence-electron chi connectivity index (χ1n) is 6.94. The molecule has 0 aliphatic carbocycles. The van der Waals surface area contributed by atoms with Crippen molar-refractivity contribution in [2.24, 2.45) is 0 Å². The highest BCUT2D eigenvalue weighted by Crippen LogP contribution is 2.23. The number of hydrogen-bond acceptors (Lipinski definition) is 1. The molecule has 0 fully saturated rings. The molecule has 1 heteroatoms. The minimum atomic E-state index is 0.697. The van der Waals surface area contributed by atoms with Gasteiger partial charge in [0.15, 0.2) is 0 Å². The third-order valence-corrected chi connectivity index (χ3v) is 3.94. The van der Waals surface area contributed by atoms with E-state index < -0.39 is 0 Å². The van der Waals surface area contributed by atoms with Crippen molar-refractivity contribution < 1.29 is 0 Å². The highest BCUT2D eigenvalue weighted by atomic mass is 15.1. The van der Waals surface area contributed by atoms with Crippen LogP contribution in [0.15, 0.2) is 30.3 Å². The molecular formula is C16H27N. The van der Waals surface area contributed by atoms with E-state index in [9.17, 15) is 0 Å². The maximum Gasteiger partial charge on any atom is 0.00612 e. The summed E-state index contributed by atoms with van der Waals surface area (Å²) in [6.07, 6.45) is 3.73. The summed E-state index contributed by atoms with van der Waals surface area (Å²) in [7, 11) is 2.24. The second kappa shape index (κ2) is 7.50. The van der Waals surface area contributed by atoms with Crippen LogP contribution < -0.4 is 0 Å². The van der Waals surface area contributed by atoms with Gasteiger partial charge >= 0.3 is 0 Å². The van der Waals surface area contributed by atoms with Crippen molar-refractivity contribution >= 4 is 0 Å². The molecule has 1 unspecified atom stereocenters. The number of rotatable bonds is 7. The van der Waals surface area contributed by atoms with Crippen LogP contribution >= 0.6 is 0 Å². The number of nitrogens with zero attached hydrogens (tertiary/aromatic N) is 1. The zero-order valence-electron chi connectivity index (χ0n) is 11.8. The lowest BCUT2D eigenvalue weighted by atomic mass is 9.93. The van der Waals surface area contributed by atoms with E-state index in [0.29, 0.717) is 12.0 Å². The monoisotopic (exact) mass is 233 g/mol. The molecule has 0 aliphatic heterocycles. The molecule has 0 aliphatic rings. The van der Waals surface area contributed by atoms with E-state index in [1.165, 1.54) is 31.4 Å². The van der Waals surface area contributed by atoms with Crippen LogP contribution in [0, 0.1) is 0 Å². The summed E-state index contributed by atoms with van der Waals surface area (Å²) in [5, 5.41) is 0. The molecule has 2 atom stereocenters. The Kier molecular flexibility index (Phi) is 6.28. The second-order valence-electron chi connectivity index (χ2n) is 5.04. The van der Waals surface area contributed by atoms with Crippen molar-refractivity contribution in [3.05, 3.63) is 35.9 Å². The van der Waals surface area contributed by atoms with Crippen molar-refractivity contribution in [2.75, 3.05) is 13.6 Å². The van der Waals surface area contributed by atoms with Crippen molar-refractivity contribution in [1.29, 1.82) is 0 Å². The lowest BCUT2D eigenvalue weighted by molar-refractivity contribution is 0.242. The largest absolute Gasteiger partial charge is 0.304 e. The van der Waals surface area contributed by atoms with E-state index >= 15 is 0 Å². The van der Waals surface area contributed by atoms with Crippen LogP contribution in [-0.4, -0.2) is 24.5 Å². The standard InChI is InChI=1S/C16H27N/c1-5-14(3)17(4)13-12-15(6-2)16-10-8-7-9-11-16/h7-11,14-15H,5-6,12-13H2,1-4H3/t14-,15?/m1/s1. The molecule has 1 nitrogen and oxygen atoms in total. The minimum Gasteiger partial charge on any atom is -0.304 e. The fraction of sp³-hybridized carbons (Fsp3) is 0.625. The van der Waals surface area contributed by atoms with Crippen LogP contribution in [0.2, 0.25) is 0 Å². The maximum absolute atomic E-state index is 2.48. The third kappa shape index (κ3) is 4.51. The van der Waals surface area contributed by atoms with Gasteiger partial charge in [-0.05, 0) is 51.3 Å². The highest BCUT2D eigenvalue weighted by molar-refractivity contribution is 5.19. The molecule has 1 aromatic carbocycles. The van der Waals surface area contributed by atoms with E-state index in [4.69, 9.17) is 0 Å². The van der Waals surface area contributed by atoms with Crippen LogP contribution in [0.5, 0.6) is 0 Å². The van der Waals surface area contributed by atoms with E-state index in [1.54, 1.807) is 0 Å². The van der Waals surface area contributed by atoms with Gasteiger partial charge in [0, 0.05) is 6.04 Å². The molecule has 0 heterocycles. The molecule has 0 aromatic heterocycles. The Morgan fingerprint density at radius 1 is 1.06 bits per heavy atom. The number of benzene rings is 1. The fourth-order valence-electron chi connectivity index (χ4n) is 2.22. The van der Waals surface area contributed by atoms with Crippen molar-refractivity contribution in [2.45, 2.75) is 52.0 Å². The molecule has 1 rings (SSSR count). The van der Waals surface area contributed by atoms with Gasteiger partial charge in [-0.3, -0.25) is 0 Å². The quantitative estimate of drug-likeness (QED) is 0.678. The Morgan fingerprint density at radius 3 is 2.24 bits per heavy atom. The molecule has 0 saturated carbocycles. The van der Waals surface area contributed by atoms with Crippen LogP contribution in [-0.2, 0) is 0 Å². The van der Waals surface area contributed by atoms with Gasteiger partial charge in [-0.1, -0.05) is 44.2 Å². The average molecular weight is 233 g/mol. The Bertz CT molecular complexity index is 294. The molecule has 0 N–H and O–H groups in total. The van der Waals surface area contributed by atoms with Crippen LogP contribution in [0.25, 0.3) is 0 Å². The molecular weight excluding hydrogens is 206 g/mol. The van der Waals surface area contributed by atoms with Gasteiger partial charge in [-0.2, -0.15) is 0 Å². The van der Waals surface area contributed by atoms with Gasteiger partial charge in [-0.25, -0.2) is 0 Å².